The Labute approximate surface area is 93.7 Å². The zero-order valence-electron chi connectivity index (χ0n) is 9.91. The highest BCUT2D eigenvalue weighted by Gasteiger charge is 1.90. The molecule has 0 saturated carbocycles. The summed E-state index contributed by atoms with van der Waals surface area (Å²) in [5.74, 6) is 0. The number of unbranched alkanes of at least 4 members (excludes halogenated alkanes) is 4. The molecule has 0 aliphatic heterocycles. The summed E-state index contributed by atoms with van der Waals surface area (Å²) in [5, 5.41) is 0. The molecule has 0 aromatic heterocycles. The Balaban J connectivity index is 3.75. The van der Waals surface area contributed by atoms with Crippen LogP contribution in [0.2, 0.25) is 0 Å². The third-order valence-corrected chi connectivity index (χ3v) is 2.09. The molecular weight excluding hydrogens is 186 g/mol. The second kappa shape index (κ2) is 11.0. The number of nitrogens with zero attached hydrogens (tertiary/aromatic N) is 1. The van der Waals surface area contributed by atoms with Gasteiger partial charge in [0.05, 0.1) is 0 Å². The Kier molecular flexibility index (Phi) is 10.3. The van der Waals surface area contributed by atoms with Crippen molar-refractivity contribution in [2.24, 2.45) is 0 Å². The molecule has 0 rings (SSSR count). The number of rotatable bonds is 9. The van der Waals surface area contributed by atoms with Gasteiger partial charge in [0.15, 0.2) is 0 Å². The lowest BCUT2D eigenvalue weighted by Crippen LogP contribution is -2.04. The van der Waals surface area contributed by atoms with Gasteiger partial charge in [-0.25, -0.2) is 0 Å². The highest BCUT2D eigenvalue weighted by molar-refractivity contribution is 5.51. The number of amides is 1. The van der Waals surface area contributed by atoms with Crippen molar-refractivity contribution in [2.45, 2.75) is 52.4 Å². The Morgan fingerprint density at radius 1 is 1.00 bits per heavy atom. The van der Waals surface area contributed by atoms with Crippen LogP contribution < -0.4 is 0 Å². The van der Waals surface area contributed by atoms with Gasteiger partial charge in [0.25, 0.3) is 0 Å². The van der Waals surface area contributed by atoms with E-state index in [2.05, 4.69) is 13.8 Å². The summed E-state index contributed by atoms with van der Waals surface area (Å²) < 4.78 is 0. The van der Waals surface area contributed by atoms with Gasteiger partial charge in [-0.15, -0.1) is 0 Å². The van der Waals surface area contributed by atoms with Gasteiger partial charge in [-0.05, 0) is 12.8 Å². The molecule has 2 heteroatoms. The van der Waals surface area contributed by atoms with Gasteiger partial charge in [-0.2, -0.15) is 0 Å². The van der Waals surface area contributed by atoms with Crippen molar-refractivity contribution in [1.29, 1.82) is 0 Å². The van der Waals surface area contributed by atoms with Crippen LogP contribution in [0.4, 0.5) is 0 Å². The minimum Gasteiger partial charge on any atom is -0.287 e. The molecular formula is C13H22NO. The lowest BCUT2D eigenvalue weighted by Gasteiger charge is -2.03. The summed E-state index contributed by atoms with van der Waals surface area (Å²) in [4.78, 5) is 12.0. The Hall–Kier alpha value is -1.05. The van der Waals surface area contributed by atoms with Crippen LogP contribution in [0.15, 0.2) is 24.6 Å². The molecule has 2 nitrogen and oxygen atoms in total. The molecule has 0 heterocycles. The maximum atomic E-state index is 10.5. The van der Waals surface area contributed by atoms with Crippen LogP contribution >= 0.6 is 0 Å². The van der Waals surface area contributed by atoms with Crippen LogP contribution in [0.25, 0.3) is 0 Å². The maximum Gasteiger partial charge on any atom is 0.320 e. The van der Waals surface area contributed by atoms with Crippen molar-refractivity contribution >= 4 is 6.41 Å². The largest absolute Gasteiger partial charge is 0.320 e. The van der Waals surface area contributed by atoms with Crippen molar-refractivity contribution in [3.63, 3.8) is 0 Å². The van der Waals surface area contributed by atoms with E-state index in [-0.39, 0.29) is 0 Å². The first-order valence-corrected chi connectivity index (χ1v) is 5.84. The lowest BCUT2D eigenvalue weighted by molar-refractivity contribution is 0.511. The van der Waals surface area contributed by atoms with Gasteiger partial charge < -0.3 is 0 Å². The van der Waals surface area contributed by atoms with E-state index in [0.29, 0.717) is 0 Å². The fourth-order valence-corrected chi connectivity index (χ4v) is 1.13. The first-order valence-electron chi connectivity index (χ1n) is 5.84. The second-order valence-corrected chi connectivity index (χ2v) is 3.55. The van der Waals surface area contributed by atoms with E-state index in [4.69, 9.17) is 0 Å². The standard InChI is InChI=1S/C13H22NO/c1-3-5-7-9-11-14(13-15)12-10-8-6-4-2/h9-12H,3-8H2,1-2H3/b11-9+,12-10+. The molecule has 0 aliphatic rings. The average Bonchev–Trinajstić information content (AvgIpc) is 2.27. The summed E-state index contributed by atoms with van der Waals surface area (Å²) >= 11 is 0. The summed E-state index contributed by atoms with van der Waals surface area (Å²) in [6, 6.07) is 0. The molecule has 1 amide bonds. The Morgan fingerprint density at radius 3 is 1.80 bits per heavy atom. The predicted molar refractivity (Wildman–Crippen MR) is 64.9 cm³/mol. The first-order chi connectivity index (χ1) is 7.35. The van der Waals surface area contributed by atoms with Crippen molar-refractivity contribution in [2.75, 3.05) is 0 Å². The van der Waals surface area contributed by atoms with Crippen LogP contribution in [-0.2, 0) is 4.79 Å². The van der Waals surface area contributed by atoms with E-state index in [1.807, 2.05) is 18.6 Å². The van der Waals surface area contributed by atoms with Gasteiger partial charge in [0.2, 0.25) is 0 Å². The third kappa shape index (κ3) is 9.26. The van der Waals surface area contributed by atoms with Gasteiger partial charge >= 0.3 is 6.41 Å². The lowest BCUT2D eigenvalue weighted by atomic mass is 10.2. The zero-order valence-corrected chi connectivity index (χ0v) is 9.91. The molecule has 0 aromatic rings. The smallest absolute Gasteiger partial charge is 0.287 e. The molecule has 1 radical (unpaired) electrons. The average molecular weight is 208 g/mol. The fraction of sp³-hybridized carbons (Fsp3) is 0.615. The van der Waals surface area contributed by atoms with Crippen molar-refractivity contribution in [3.8, 4) is 0 Å². The van der Waals surface area contributed by atoms with E-state index in [1.165, 1.54) is 30.6 Å². The van der Waals surface area contributed by atoms with Gasteiger partial charge in [0, 0.05) is 12.4 Å². The highest BCUT2D eigenvalue weighted by Crippen LogP contribution is 1.99. The monoisotopic (exact) mass is 208 g/mol. The van der Waals surface area contributed by atoms with E-state index in [9.17, 15) is 4.79 Å². The van der Waals surface area contributed by atoms with E-state index < -0.39 is 0 Å². The molecule has 0 unspecified atom stereocenters. The van der Waals surface area contributed by atoms with Crippen molar-refractivity contribution in [1.82, 2.24) is 4.90 Å². The minimum absolute atomic E-state index is 1.03. The summed E-state index contributed by atoms with van der Waals surface area (Å²) in [6.45, 7) is 4.31. The highest BCUT2D eigenvalue weighted by atomic mass is 16.1. The number of carbonyl (C=O) groups excluding carboxylic acids is 1. The van der Waals surface area contributed by atoms with E-state index in [1.54, 1.807) is 12.4 Å². The van der Waals surface area contributed by atoms with Crippen molar-refractivity contribution < 1.29 is 4.79 Å². The van der Waals surface area contributed by atoms with E-state index in [0.717, 1.165) is 12.8 Å². The Bertz CT molecular complexity index is 179. The SMILES string of the molecule is CCCC/C=C/N([C]=O)/C=C/CCCC. The molecule has 0 N–H and O–H groups in total. The van der Waals surface area contributed by atoms with Crippen LogP contribution in [0.3, 0.4) is 0 Å². The first kappa shape index (κ1) is 13.9. The van der Waals surface area contributed by atoms with Crippen LogP contribution in [0.5, 0.6) is 0 Å². The molecule has 0 aromatic carbocycles. The van der Waals surface area contributed by atoms with Crippen LogP contribution in [0.1, 0.15) is 52.4 Å². The molecule has 15 heavy (non-hydrogen) atoms. The Morgan fingerprint density at radius 2 is 1.47 bits per heavy atom. The maximum absolute atomic E-state index is 10.5. The molecule has 0 aliphatic carbocycles. The molecule has 0 spiro atoms. The number of hydrogen-bond donors (Lipinski definition) is 0. The normalized spacial score (nSPS) is 11.3. The van der Waals surface area contributed by atoms with Crippen LogP contribution in [-0.4, -0.2) is 11.3 Å². The summed E-state index contributed by atoms with van der Waals surface area (Å²) in [6.07, 6.45) is 16.2. The van der Waals surface area contributed by atoms with Gasteiger partial charge in [-0.1, -0.05) is 51.7 Å². The van der Waals surface area contributed by atoms with E-state index >= 15 is 0 Å². The summed E-state index contributed by atoms with van der Waals surface area (Å²) in [5.41, 5.74) is 0. The molecule has 0 saturated heterocycles. The molecule has 85 valence electrons. The van der Waals surface area contributed by atoms with Crippen LogP contribution in [0, 0.1) is 0 Å². The quantitative estimate of drug-likeness (QED) is 0.417. The summed E-state index contributed by atoms with van der Waals surface area (Å²) in [7, 11) is 0. The van der Waals surface area contributed by atoms with Gasteiger partial charge in [-0.3, -0.25) is 9.69 Å². The minimum atomic E-state index is 1.03. The zero-order chi connectivity index (χ0) is 11.4. The fourth-order valence-electron chi connectivity index (χ4n) is 1.13. The predicted octanol–water partition coefficient (Wildman–Crippen LogP) is 3.76. The van der Waals surface area contributed by atoms with Crippen molar-refractivity contribution in [3.05, 3.63) is 24.6 Å². The number of hydrogen-bond acceptors (Lipinski definition) is 1. The molecule has 0 fully saturated rings. The molecule has 0 atom stereocenters. The third-order valence-electron chi connectivity index (χ3n) is 2.09. The second-order valence-electron chi connectivity index (χ2n) is 3.55. The van der Waals surface area contributed by atoms with Gasteiger partial charge in [0.1, 0.15) is 0 Å². The molecule has 0 bridgehead atoms. The number of allylic oxidation sites excluding steroid dienone is 2. The topological polar surface area (TPSA) is 20.3 Å².